The molecule has 1 aromatic carbocycles. The predicted octanol–water partition coefficient (Wildman–Crippen LogP) is 3.58. The summed E-state index contributed by atoms with van der Waals surface area (Å²) >= 11 is 3.38. The van der Waals surface area contributed by atoms with Gasteiger partial charge in [0.1, 0.15) is 5.75 Å². The van der Waals surface area contributed by atoms with Crippen LogP contribution in [0.5, 0.6) is 5.75 Å². The highest BCUT2D eigenvalue weighted by atomic mass is 79.9. The molecule has 96 valence electrons. The van der Waals surface area contributed by atoms with E-state index in [-0.39, 0.29) is 5.41 Å². The van der Waals surface area contributed by atoms with Crippen LogP contribution in [0.2, 0.25) is 0 Å². The first-order valence-electron chi connectivity index (χ1n) is 6.04. The van der Waals surface area contributed by atoms with Gasteiger partial charge in [0.25, 0.3) is 0 Å². The Bertz CT molecular complexity index is 475. The van der Waals surface area contributed by atoms with Crippen molar-refractivity contribution in [1.82, 2.24) is 0 Å². The second kappa shape index (κ2) is 5.29. The van der Waals surface area contributed by atoms with Crippen LogP contribution in [0.1, 0.15) is 37.9 Å². The molecule has 1 saturated carbocycles. The van der Waals surface area contributed by atoms with E-state index in [2.05, 4.69) is 22.0 Å². The Balaban J connectivity index is 2.08. The van der Waals surface area contributed by atoms with Crippen molar-refractivity contribution in [3.63, 3.8) is 0 Å². The molecular weight excluding hydrogens is 294 g/mol. The number of hydrogen-bond acceptors (Lipinski definition) is 3. The van der Waals surface area contributed by atoms with Gasteiger partial charge in [-0.3, -0.25) is 0 Å². The van der Waals surface area contributed by atoms with Crippen molar-refractivity contribution >= 4 is 15.9 Å². The number of rotatable bonds is 5. The summed E-state index contributed by atoms with van der Waals surface area (Å²) in [5.74, 6) is 0.706. The first kappa shape index (κ1) is 13.4. The fraction of sp³-hybridized carbons (Fsp3) is 0.500. The average Bonchev–Trinajstić information content (AvgIpc) is 3.08. The van der Waals surface area contributed by atoms with Crippen molar-refractivity contribution in [2.75, 3.05) is 6.61 Å². The minimum atomic E-state index is -0.566. The monoisotopic (exact) mass is 309 g/mol. The van der Waals surface area contributed by atoms with Gasteiger partial charge in [-0.05, 0) is 38.0 Å². The SMILES string of the molecule is C[C@H](O)c1cc(Br)ccc1OCC1(CC#N)CC1. The summed E-state index contributed by atoms with van der Waals surface area (Å²) < 4.78 is 6.72. The molecule has 1 fully saturated rings. The van der Waals surface area contributed by atoms with E-state index in [0.29, 0.717) is 18.8 Å². The van der Waals surface area contributed by atoms with Crippen molar-refractivity contribution < 1.29 is 9.84 Å². The van der Waals surface area contributed by atoms with E-state index in [1.807, 2.05) is 18.2 Å². The van der Waals surface area contributed by atoms with Crippen molar-refractivity contribution in [2.45, 2.75) is 32.3 Å². The van der Waals surface area contributed by atoms with Gasteiger partial charge in [-0.1, -0.05) is 15.9 Å². The van der Waals surface area contributed by atoms with Crippen LogP contribution in [0.3, 0.4) is 0 Å². The predicted molar refractivity (Wildman–Crippen MR) is 72.2 cm³/mol. The number of benzene rings is 1. The highest BCUT2D eigenvalue weighted by molar-refractivity contribution is 9.10. The van der Waals surface area contributed by atoms with Crippen LogP contribution in [0.15, 0.2) is 22.7 Å². The number of aliphatic hydroxyl groups is 1. The lowest BCUT2D eigenvalue weighted by Gasteiger charge is -2.17. The number of hydrogen-bond donors (Lipinski definition) is 1. The molecule has 3 nitrogen and oxygen atoms in total. The Morgan fingerprint density at radius 3 is 2.83 bits per heavy atom. The molecule has 1 aliphatic rings. The standard InChI is InChI=1S/C14H16BrNO2/c1-10(17)12-8-11(15)2-3-13(12)18-9-14(4-5-14)6-7-16/h2-3,8,10,17H,4-6,9H2,1H3/t10-/m0/s1. The molecule has 0 spiro atoms. The van der Waals surface area contributed by atoms with E-state index < -0.39 is 6.10 Å². The van der Waals surface area contributed by atoms with Crippen LogP contribution in [0.25, 0.3) is 0 Å². The molecule has 4 heteroatoms. The van der Waals surface area contributed by atoms with Crippen molar-refractivity contribution in [1.29, 1.82) is 5.26 Å². The summed E-state index contributed by atoms with van der Waals surface area (Å²) in [6.07, 6.45) is 2.10. The van der Waals surface area contributed by atoms with Crippen molar-refractivity contribution in [2.24, 2.45) is 5.41 Å². The topological polar surface area (TPSA) is 53.2 Å². The molecule has 0 heterocycles. The molecule has 0 bridgehead atoms. The summed E-state index contributed by atoms with van der Waals surface area (Å²) in [5.41, 5.74) is 0.828. The molecule has 1 atom stereocenters. The number of halogens is 1. The van der Waals surface area contributed by atoms with Crippen molar-refractivity contribution in [3.05, 3.63) is 28.2 Å². The maximum absolute atomic E-state index is 9.72. The number of ether oxygens (including phenoxy) is 1. The lowest BCUT2D eigenvalue weighted by Crippen LogP contribution is -2.13. The molecule has 1 N–H and O–H groups in total. The summed E-state index contributed by atoms with van der Waals surface area (Å²) in [5, 5.41) is 18.5. The first-order chi connectivity index (χ1) is 8.56. The minimum absolute atomic E-state index is 0.0534. The Morgan fingerprint density at radius 1 is 1.56 bits per heavy atom. The molecule has 1 aliphatic carbocycles. The van der Waals surface area contributed by atoms with Gasteiger partial charge in [0.05, 0.1) is 18.8 Å². The number of nitrogens with zero attached hydrogens (tertiary/aromatic N) is 1. The zero-order valence-electron chi connectivity index (χ0n) is 10.3. The third kappa shape index (κ3) is 3.04. The fourth-order valence-electron chi connectivity index (χ4n) is 1.92. The summed E-state index contributed by atoms with van der Waals surface area (Å²) in [6.45, 7) is 2.28. The van der Waals surface area contributed by atoms with E-state index in [4.69, 9.17) is 10.00 Å². The normalized spacial score (nSPS) is 17.9. The first-order valence-corrected chi connectivity index (χ1v) is 6.83. The van der Waals surface area contributed by atoms with E-state index >= 15 is 0 Å². The van der Waals surface area contributed by atoms with Gasteiger partial charge >= 0.3 is 0 Å². The van der Waals surface area contributed by atoms with Gasteiger partial charge in [-0.25, -0.2) is 0 Å². The molecule has 0 saturated heterocycles. The van der Waals surface area contributed by atoms with Crippen LogP contribution in [0, 0.1) is 16.7 Å². The maximum atomic E-state index is 9.72. The molecule has 0 aliphatic heterocycles. The lowest BCUT2D eigenvalue weighted by atomic mass is 10.1. The Labute approximate surface area is 116 Å². The van der Waals surface area contributed by atoms with Crippen LogP contribution in [-0.2, 0) is 0 Å². The van der Waals surface area contributed by atoms with E-state index in [1.165, 1.54) is 0 Å². The van der Waals surface area contributed by atoms with Gasteiger partial charge in [0.2, 0.25) is 0 Å². The van der Waals surface area contributed by atoms with E-state index in [1.54, 1.807) is 6.92 Å². The summed E-state index contributed by atoms with van der Waals surface area (Å²) in [4.78, 5) is 0. The van der Waals surface area contributed by atoms with Gasteiger partial charge < -0.3 is 9.84 Å². The molecule has 0 aromatic heterocycles. The molecule has 1 aromatic rings. The Morgan fingerprint density at radius 2 is 2.28 bits per heavy atom. The second-order valence-corrected chi connectivity index (χ2v) is 5.90. The van der Waals surface area contributed by atoms with Crippen LogP contribution in [-0.4, -0.2) is 11.7 Å². The molecule has 2 rings (SSSR count). The molecule has 0 unspecified atom stereocenters. The largest absolute Gasteiger partial charge is 0.493 e. The number of aliphatic hydroxyl groups excluding tert-OH is 1. The summed E-state index contributed by atoms with van der Waals surface area (Å²) in [6, 6.07) is 7.83. The van der Waals surface area contributed by atoms with Gasteiger partial charge in [-0.2, -0.15) is 5.26 Å². The van der Waals surface area contributed by atoms with Crippen LogP contribution < -0.4 is 4.74 Å². The smallest absolute Gasteiger partial charge is 0.125 e. The quantitative estimate of drug-likeness (QED) is 0.904. The summed E-state index contributed by atoms with van der Waals surface area (Å²) in [7, 11) is 0. The molecular formula is C14H16BrNO2. The maximum Gasteiger partial charge on any atom is 0.125 e. The molecule has 18 heavy (non-hydrogen) atoms. The fourth-order valence-corrected chi connectivity index (χ4v) is 2.30. The zero-order chi connectivity index (χ0) is 13.2. The second-order valence-electron chi connectivity index (χ2n) is 4.98. The number of nitriles is 1. The zero-order valence-corrected chi connectivity index (χ0v) is 11.9. The van der Waals surface area contributed by atoms with Gasteiger partial charge in [0, 0.05) is 21.9 Å². The Kier molecular flexibility index (Phi) is 3.94. The molecule has 0 amide bonds. The van der Waals surface area contributed by atoms with Gasteiger partial charge in [0.15, 0.2) is 0 Å². The third-order valence-corrected chi connectivity index (χ3v) is 3.86. The Hall–Kier alpha value is -1.05. The average molecular weight is 310 g/mol. The van der Waals surface area contributed by atoms with Crippen LogP contribution in [0.4, 0.5) is 0 Å². The lowest BCUT2D eigenvalue weighted by molar-refractivity contribution is 0.183. The van der Waals surface area contributed by atoms with E-state index in [0.717, 1.165) is 22.9 Å². The molecule has 0 radical (unpaired) electrons. The minimum Gasteiger partial charge on any atom is -0.493 e. The van der Waals surface area contributed by atoms with Gasteiger partial charge in [-0.15, -0.1) is 0 Å². The highest BCUT2D eigenvalue weighted by Gasteiger charge is 2.43. The van der Waals surface area contributed by atoms with Crippen molar-refractivity contribution in [3.8, 4) is 11.8 Å². The third-order valence-electron chi connectivity index (χ3n) is 3.37. The van der Waals surface area contributed by atoms with Crippen LogP contribution >= 0.6 is 15.9 Å². The highest BCUT2D eigenvalue weighted by Crippen LogP contribution is 2.49. The van der Waals surface area contributed by atoms with E-state index in [9.17, 15) is 5.11 Å².